The number of hydrogen-bond acceptors (Lipinski definition) is 6. The summed E-state index contributed by atoms with van der Waals surface area (Å²) in [6, 6.07) is 10.0. The Hall–Kier alpha value is -3.00. The molecule has 0 spiro atoms. The van der Waals surface area contributed by atoms with Crippen LogP contribution in [-0.4, -0.2) is 32.2 Å². The third-order valence-corrected chi connectivity index (χ3v) is 5.21. The van der Waals surface area contributed by atoms with Gasteiger partial charge in [0.25, 0.3) is 0 Å². The van der Waals surface area contributed by atoms with Crippen LogP contribution in [-0.2, 0) is 17.8 Å². The van der Waals surface area contributed by atoms with Gasteiger partial charge in [-0.05, 0) is 36.9 Å². The lowest BCUT2D eigenvalue weighted by molar-refractivity contribution is -0.121. The van der Waals surface area contributed by atoms with E-state index in [0.29, 0.717) is 31.2 Å². The summed E-state index contributed by atoms with van der Waals surface area (Å²) in [6.07, 6.45) is 1.61. The first-order chi connectivity index (χ1) is 13.7. The van der Waals surface area contributed by atoms with E-state index in [9.17, 15) is 4.79 Å². The van der Waals surface area contributed by atoms with Crippen molar-refractivity contribution in [1.82, 2.24) is 25.1 Å². The van der Waals surface area contributed by atoms with Gasteiger partial charge in [-0.15, -0.1) is 10.2 Å². The van der Waals surface area contributed by atoms with Crippen LogP contribution in [0.3, 0.4) is 0 Å². The van der Waals surface area contributed by atoms with Crippen molar-refractivity contribution in [3.05, 3.63) is 52.8 Å². The molecule has 8 heteroatoms. The molecule has 4 rings (SSSR count). The first-order valence-corrected chi connectivity index (χ1v) is 10.2. The van der Waals surface area contributed by atoms with E-state index in [1.54, 1.807) is 11.3 Å². The molecule has 0 saturated carbocycles. The second kappa shape index (κ2) is 8.35. The van der Waals surface area contributed by atoms with E-state index in [4.69, 9.17) is 4.42 Å². The van der Waals surface area contributed by atoms with Crippen LogP contribution in [0.25, 0.3) is 22.5 Å². The summed E-state index contributed by atoms with van der Waals surface area (Å²) in [7, 11) is 0. The number of rotatable bonds is 8. The van der Waals surface area contributed by atoms with Crippen LogP contribution in [0.4, 0.5) is 0 Å². The Morgan fingerprint density at radius 3 is 3.00 bits per heavy atom. The Morgan fingerprint density at radius 1 is 1.25 bits per heavy atom. The van der Waals surface area contributed by atoms with Gasteiger partial charge in [-0.2, -0.15) is 11.3 Å². The Labute approximate surface area is 166 Å². The van der Waals surface area contributed by atoms with Gasteiger partial charge in [0.2, 0.25) is 17.7 Å². The number of hydrogen-bond donors (Lipinski definition) is 1. The van der Waals surface area contributed by atoms with E-state index >= 15 is 0 Å². The number of aryl methyl sites for hydroxylation is 3. The highest BCUT2D eigenvalue weighted by Crippen LogP contribution is 2.20. The molecule has 4 aromatic rings. The lowest BCUT2D eigenvalue weighted by atomic mass is 10.3. The van der Waals surface area contributed by atoms with Crippen LogP contribution in [0.5, 0.6) is 0 Å². The molecule has 0 radical (unpaired) electrons. The number of fused-ring (bicyclic) bond motifs is 1. The second-order valence-corrected chi connectivity index (χ2v) is 7.30. The fourth-order valence-electron chi connectivity index (χ4n) is 3.11. The molecule has 1 N–H and O–H groups in total. The van der Waals surface area contributed by atoms with Crippen LogP contribution in [0.2, 0.25) is 0 Å². The summed E-state index contributed by atoms with van der Waals surface area (Å²) >= 11 is 1.58. The molecule has 0 aliphatic carbocycles. The third-order valence-electron chi connectivity index (χ3n) is 4.53. The van der Waals surface area contributed by atoms with E-state index in [-0.39, 0.29) is 5.91 Å². The number of amides is 1. The van der Waals surface area contributed by atoms with Gasteiger partial charge < -0.3 is 14.3 Å². The van der Waals surface area contributed by atoms with Crippen LogP contribution >= 0.6 is 11.3 Å². The Kier molecular flexibility index (Phi) is 5.48. The standard InChI is InChI=1S/C20H21N5O2S/c1-14-22-16-5-2-3-6-17(16)25(14)11-4-10-21-18(26)7-8-19-23-24-20(27-19)15-9-12-28-13-15/h2-3,5-6,9,12-13H,4,7-8,10-11H2,1H3,(H,21,26). The maximum atomic E-state index is 12.1. The minimum Gasteiger partial charge on any atom is -0.421 e. The Morgan fingerprint density at radius 2 is 2.14 bits per heavy atom. The van der Waals surface area contributed by atoms with E-state index in [0.717, 1.165) is 35.4 Å². The number of nitrogens with one attached hydrogen (secondary N) is 1. The maximum absolute atomic E-state index is 12.1. The number of aromatic nitrogens is 4. The van der Waals surface area contributed by atoms with Crippen molar-refractivity contribution in [3.8, 4) is 11.5 Å². The highest BCUT2D eigenvalue weighted by molar-refractivity contribution is 7.08. The smallest absolute Gasteiger partial charge is 0.248 e. The molecule has 0 atom stereocenters. The predicted molar refractivity (Wildman–Crippen MR) is 108 cm³/mol. The SMILES string of the molecule is Cc1nc2ccccc2n1CCCNC(=O)CCc1nnc(-c2ccsc2)o1. The number of nitrogens with zero attached hydrogens (tertiary/aromatic N) is 4. The van der Waals surface area contributed by atoms with Gasteiger partial charge >= 0.3 is 0 Å². The lowest BCUT2D eigenvalue weighted by Gasteiger charge is -2.08. The monoisotopic (exact) mass is 395 g/mol. The molecule has 0 fully saturated rings. The number of benzene rings is 1. The molecular formula is C20H21N5O2S. The average molecular weight is 395 g/mol. The van der Waals surface area contributed by atoms with Gasteiger partial charge in [-0.25, -0.2) is 4.98 Å². The fraction of sp³-hybridized carbons (Fsp3) is 0.300. The first-order valence-electron chi connectivity index (χ1n) is 9.24. The van der Waals surface area contributed by atoms with Gasteiger partial charge in [0.1, 0.15) is 5.82 Å². The molecule has 0 saturated heterocycles. The Balaban J connectivity index is 1.21. The molecule has 28 heavy (non-hydrogen) atoms. The lowest BCUT2D eigenvalue weighted by Crippen LogP contribution is -2.25. The number of carbonyl (C=O) groups excluding carboxylic acids is 1. The molecule has 3 heterocycles. The van der Waals surface area contributed by atoms with Crippen molar-refractivity contribution in [2.24, 2.45) is 0 Å². The van der Waals surface area contributed by atoms with Gasteiger partial charge in [-0.3, -0.25) is 4.79 Å². The van der Waals surface area contributed by atoms with Crippen molar-refractivity contribution in [3.63, 3.8) is 0 Å². The number of imidazole rings is 1. The van der Waals surface area contributed by atoms with Crippen LogP contribution in [0.15, 0.2) is 45.5 Å². The predicted octanol–water partition coefficient (Wildman–Crippen LogP) is 3.60. The molecule has 144 valence electrons. The Bertz CT molecular complexity index is 1070. The summed E-state index contributed by atoms with van der Waals surface area (Å²) in [6.45, 7) is 3.45. The van der Waals surface area contributed by atoms with Gasteiger partial charge in [0.05, 0.1) is 11.0 Å². The maximum Gasteiger partial charge on any atom is 0.248 e. The highest BCUT2D eigenvalue weighted by atomic mass is 32.1. The second-order valence-electron chi connectivity index (χ2n) is 6.52. The van der Waals surface area contributed by atoms with E-state index in [1.807, 2.05) is 41.9 Å². The van der Waals surface area contributed by atoms with Crippen molar-refractivity contribution in [1.29, 1.82) is 0 Å². The number of thiophene rings is 1. The summed E-state index contributed by atoms with van der Waals surface area (Å²) < 4.78 is 7.79. The normalized spacial score (nSPS) is 11.2. The fourth-order valence-corrected chi connectivity index (χ4v) is 3.74. The van der Waals surface area contributed by atoms with Crippen LogP contribution in [0.1, 0.15) is 24.6 Å². The summed E-state index contributed by atoms with van der Waals surface area (Å²) in [5.41, 5.74) is 3.05. The molecule has 3 aromatic heterocycles. The number of para-hydroxylation sites is 2. The molecule has 7 nitrogen and oxygen atoms in total. The topological polar surface area (TPSA) is 85.8 Å². The summed E-state index contributed by atoms with van der Waals surface area (Å²) in [5.74, 6) is 1.96. The molecule has 0 aliphatic heterocycles. The van der Waals surface area contributed by atoms with Crippen molar-refractivity contribution >= 4 is 28.3 Å². The van der Waals surface area contributed by atoms with Crippen LogP contribution < -0.4 is 5.32 Å². The minimum absolute atomic E-state index is 0.0116. The highest BCUT2D eigenvalue weighted by Gasteiger charge is 2.11. The summed E-state index contributed by atoms with van der Waals surface area (Å²) in [4.78, 5) is 16.6. The minimum atomic E-state index is -0.0116. The molecule has 1 amide bonds. The molecular weight excluding hydrogens is 374 g/mol. The zero-order valence-electron chi connectivity index (χ0n) is 15.6. The molecule has 0 aliphatic rings. The quantitative estimate of drug-likeness (QED) is 0.461. The summed E-state index contributed by atoms with van der Waals surface area (Å²) in [5, 5.41) is 14.9. The van der Waals surface area contributed by atoms with E-state index in [1.165, 1.54) is 0 Å². The first kappa shape index (κ1) is 18.4. The van der Waals surface area contributed by atoms with Crippen molar-refractivity contribution in [2.75, 3.05) is 6.54 Å². The van der Waals surface area contributed by atoms with Crippen molar-refractivity contribution in [2.45, 2.75) is 32.7 Å². The zero-order valence-corrected chi connectivity index (χ0v) is 16.4. The van der Waals surface area contributed by atoms with Crippen LogP contribution in [0, 0.1) is 6.92 Å². The van der Waals surface area contributed by atoms with Gasteiger partial charge in [0, 0.05) is 36.9 Å². The average Bonchev–Trinajstić information content (AvgIpc) is 3.43. The third kappa shape index (κ3) is 4.12. The van der Waals surface area contributed by atoms with E-state index < -0.39 is 0 Å². The largest absolute Gasteiger partial charge is 0.421 e. The molecule has 1 aromatic carbocycles. The molecule has 0 bridgehead atoms. The van der Waals surface area contributed by atoms with E-state index in [2.05, 4.69) is 31.1 Å². The van der Waals surface area contributed by atoms with Gasteiger partial charge in [0.15, 0.2) is 0 Å². The van der Waals surface area contributed by atoms with Gasteiger partial charge in [-0.1, -0.05) is 12.1 Å². The van der Waals surface area contributed by atoms with Crippen molar-refractivity contribution < 1.29 is 9.21 Å². The zero-order chi connectivity index (χ0) is 19.3. The molecule has 0 unspecified atom stereocenters. The number of carbonyl (C=O) groups is 1.